The number of piperidine rings is 1. The zero-order valence-electron chi connectivity index (χ0n) is 18.6. The second kappa shape index (κ2) is 9.80. The number of carbonyl (C=O) groups is 2. The number of ether oxygens (including phenoxy) is 1. The number of likely N-dealkylation sites (tertiary alicyclic amines) is 2. The van der Waals surface area contributed by atoms with Crippen LogP contribution < -0.4 is 5.32 Å². The van der Waals surface area contributed by atoms with Crippen LogP contribution in [0.4, 0.5) is 14.9 Å². The molecule has 0 aliphatic carbocycles. The number of nitrogens with zero attached hydrogens (tertiary/aromatic N) is 2. The highest BCUT2D eigenvalue weighted by Crippen LogP contribution is 2.26. The van der Waals surface area contributed by atoms with Crippen molar-refractivity contribution in [1.82, 2.24) is 9.80 Å². The van der Waals surface area contributed by atoms with E-state index in [0.29, 0.717) is 25.1 Å². The number of hydrogen-bond donors (Lipinski definition) is 3. The van der Waals surface area contributed by atoms with Crippen molar-refractivity contribution in [3.63, 3.8) is 0 Å². The zero-order chi connectivity index (χ0) is 23.6. The Labute approximate surface area is 192 Å². The maximum atomic E-state index is 13.7. The fourth-order valence-electron chi connectivity index (χ4n) is 4.10. The summed E-state index contributed by atoms with van der Waals surface area (Å²) in [6.45, 7) is 6.09. The topological polar surface area (TPSA) is 102 Å². The van der Waals surface area contributed by atoms with Gasteiger partial charge in [0, 0.05) is 42.8 Å². The van der Waals surface area contributed by atoms with Gasteiger partial charge in [-0.05, 0) is 51.8 Å². The van der Waals surface area contributed by atoms with Crippen molar-refractivity contribution in [3.8, 4) is 0 Å². The summed E-state index contributed by atoms with van der Waals surface area (Å²) in [4.78, 5) is 29.0. The van der Waals surface area contributed by atoms with Crippen LogP contribution in [-0.2, 0) is 9.53 Å². The van der Waals surface area contributed by atoms with Crippen molar-refractivity contribution in [2.24, 2.45) is 0 Å². The predicted octanol–water partition coefficient (Wildman–Crippen LogP) is 2.61. The molecule has 10 heteroatoms. The van der Waals surface area contributed by atoms with Crippen LogP contribution in [0, 0.1) is 5.82 Å². The van der Waals surface area contributed by atoms with Gasteiger partial charge in [-0.25, -0.2) is 9.18 Å². The van der Waals surface area contributed by atoms with E-state index in [0.717, 1.165) is 6.07 Å². The Kier molecular flexibility index (Phi) is 7.52. The van der Waals surface area contributed by atoms with Gasteiger partial charge in [-0.2, -0.15) is 0 Å². The van der Waals surface area contributed by atoms with Gasteiger partial charge >= 0.3 is 6.09 Å². The molecule has 3 rings (SSSR count). The first-order valence-corrected chi connectivity index (χ1v) is 11.2. The minimum Gasteiger partial charge on any atom is -0.444 e. The fourth-order valence-corrected chi connectivity index (χ4v) is 4.32. The number of hydrogen-bond acceptors (Lipinski definition) is 6. The lowest BCUT2D eigenvalue weighted by Gasteiger charge is -2.40. The van der Waals surface area contributed by atoms with E-state index in [4.69, 9.17) is 16.3 Å². The number of aliphatic hydroxyl groups excluding tert-OH is 2. The van der Waals surface area contributed by atoms with Crippen molar-refractivity contribution in [3.05, 3.63) is 29.0 Å². The summed E-state index contributed by atoms with van der Waals surface area (Å²) in [5.74, 6) is -0.893. The number of amides is 2. The molecule has 0 bridgehead atoms. The standard InChI is InChI=1S/C22H31ClFN3O5/c1-22(2,3)32-21(31)26-6-4-5-16(11-26)27-12-19(29)18(28)10-17(20(27)30)25-15-8-13(23)7-14(24)9-15/h7-9,16-19,25,28-29H,4-6,10-12H2,1-3H3. The molecule has 2 aliphatic heterocycles. The molecule has 178 valence electrons. The Bertz CT molecular complexity index is 829. The average Bonchev–Trinajstić information content (AvgIpc) is 2.78. The maximum absolute atomic E-state index is 13.7. The summed E-state index contributed by atoms with van der Waals surface area (Å²) < 4.78 is 19.2. The molecule has 2 fully saturated rings. The summed E-state index contributed by atoms with van der Waals surface area (Å²) in [7, 11) is 0. The predicted molar refractivity (Wildman–Crippen MR) is 118 cm³/mol. The molecule has 4 unspecified atom stereocenters. The van der Waals surface area contributed by atoms with Crippen molar-refractivity contribution >= 4 is 29.3 Å². The van der Waals surface area contributed by atoms with Crippen LogP contribution in [0.25, 0.3) is 0 Å². The average molecular weight is 472 g/mol. The fraction of sp³-hybridized carbons (Fsp3) is 0.636. The molecule has 1 aromatic rings. The number of nitrogens with one attached hydrogen (secondary N) is 1. The van der Waals surface area contributed by atoms with E-state index in [1.54, 1.807) is 25.7 Å². The Morgan fingerprint density at radius 3 is 2.59 bits per heavy atom. The molecule has 0 radical (unpaired) electrons. The normalized spacial score (nSPS) is 27.2. The monoisotopic (exact) mass is 471 g/mol. The first-order valence-electron chi connectivity index (χ1n) is 10.8. The number of carbonyl (C=O) groups excluding carboxylic acids is 2. The highest BCUT2D eigenvalue weighted by molar-refractivity contribution is 6.30. The SMILES string of the molecule is CC(C)(C)OC(=O)N1CCCC(N2CC(O)C(O)CC(Nc3cc(F)cc(Cl)c3)C2=O)C1. The molecule has 0 aromatic heterocycles. The molecule has 8 nitrogen and oxygen atoms in total. The van der Waals surface area contributed by atoms with E-state index in [2.05, 4.69) is 5.32 Å². The number of halogens is 2. The zero-order valence-corrected chi connectivity index (χ0v) is 19.3. The van der Waals surface area contributed by atoms with Crippen molar-refractivity contribution in [1.29, 1.82) is 0 Å². The largest absolute Gasteiger partial charge is 0.444 e. The van der Waals surface area contributed by atoms with E-state index in [1.165, 1.54) is 17.0 Å². The minimum atomic E-state index is -1.14. The molecule has 1 aromatic carbocycles. The lowest BCUT2D eigenvalue weighted by atomic mass is 10.0. The quantitative estimate of drug-likeness (QED) is 0.626. The molecular weight excluding hydrogens is 441 g/mol. The molecule has 2 saturated heterocycles. The van der Waals surface area contributed by atoms with Crippen molar-refractivity contribution in [2.75, 3.05) is 25.0 Å². The Morgan fingerprint density at radius 1 is 1.22 bits per heavy atom. The highest BCUT2D eigenvalue weighted by Gasteiger charge is 2.40. The van der Waals surface area contributed by atoms with Crippen LogP contribution in [0.3, 0.4) is 0 Å². The molecule has 0 spiro atoms. The summed E-state index contributed by atoms with van der Waals surface area (Å²) in [6.07, 6.45) is -1.47. The van der Waals surface area contributed by atoms with E-state index in [1.807, 2.05) is 0 Å². The van der Waals surface area contributed by atoms with Crippen LogP contribution in [0.15, 0.2) is 18.2 Å². The summed E-state index contributed by atoms with van der Waals surface area (Å²) in [6, 6.07) is 2.61. The third kappa shape index (κ3) is 6.24. The first-order chi connectivity index (χ1) is 14.9. The Hall–Kier alpha value is -2.10. The van der Waals surface area contributed by atoms with Gasteiger partial charge in [0.05, 0.1) is 12.2 Å². The lowest BCUT2D eigenvalue weighted by Crippen LogP contribution is -2.55. The lowest BCUT2D eigenvalue weighted by molar-refractivity contribution is -0.136. The number of anilines is 1. The highest BCUT2D eigenvalue weighted by atomic mass is 35.5. The number of benzene rings is 1. The first kappa shape index (κ1) is 24.5. The number of aliphatic hydroxyl groups is 2. The number of rotatable bonds is 3. The van der Waals surface area contributed by atoms with Gasteiger partial charge in [-0.3, -0.25) is 4.79 Å². The molecule has 2 amide bonds. The maximum Gasteiger partial charge on any atom is 0.410 e. The Balaban J connectivity index is 1.78. The van der Waals surface area contributed by atoms with Gasteiger partial charge < -0.3 is 30.1 Å². The second-order valence-electron chi connectivity index (χ2n) is 9.44. The third-order valence-electron chi connectivity index (χ3n) is 5.58. The van der Waals surface area contributed by atoms with Gasteiger partial charge in [0.2, 0.25) is 5.91 Å². The van der Waals surface area contributed by atoms with E-state index < -0.39 is 35.8 Å². The van der Waals surface area contributed by atoms with Crippen LogP contribution in [0.2, 0.25) is 5.02 Å². The van der Waals surface area contributed by atoms with E-state index >= 15 is 0 Å². The summed E-state index contributed by atoms with van der Waals surface area (Å²) in [5, 5.41) is 23.9. The number of β-amino-alcohol motifs (C(OH)–C–C–N with tert-alkyl or cyclic N) is 1. The molecule has 2 heterocycles. The summed E-state index contributed by atoms with van der Waals surface area (Å²) in [5.41, 5.74) is -0.333. The van der Waals surface area contributed by atoms with Crippen LogP contribution >= 0.6 is 11.6 Å². The van der Waals surface area contributed by atoms with E-state index in [9.17, 15) is 24.2 Å². The molecule has 3 N–H and O–H groups in total. The van der Waals surface area contributed by atoms with E-state index in [-0.39, 0.29) is 36.5 Å². The Morgan fingerprint density at radius 2 is 1.94 bits per heavy atom. The summed E-state index contributed by atoms with van der Waals surface area (Å²) >= 11 is 5.92. The van der Waals surface area contributed by atoms with Crippen molar-refractivity contribution < 1.29 is 28.9 Å². The van der Waals surface area contributed by atoms with Crippen LogP contribution in [0.5, 0.6) is 0 Å². The third-order valence-corrected chi connectivity index (χ3v) is 5.80. The molecular formula is C22H31ClFN3O5. The van der Waals surface area contributed by atoms with Gasteiger partial charge in [0.25, 0.3) is 0 Å². The second-order valence-corrected chi connectivity index (χ2v) is 9.87. The van der Waals surface area contributed by atoms with Crippen molar-refractivity contribution in [2.45, 2.75) is 69.9 Å². The molecule has 32 heavy (non-hydrogen) atoms. The van der Waals surface area contributed by atoms with Crippen LogP contribution in [-0.4, -0.2) is 81.5 Å². The van der Waals surface area contributed by atoms with Gasteiger partial charge in [-0.15, -0.1) is 0 Å². The molecule has 4 atom stereocenters. The molecule has 2 aliphatic rings. The van der Waals surface area contributed by atoms with Gasteiger partial charge in [0.15, 0.2) is 0 Å². The minimum absolute atomic E-state index is 0.0485. The van der Waals surface area contributed by atoms with Crippen LogP contribution in [0.1, 0.15) is 40.0 Å². The molecule has 0 saturated carbocycles. The van der Waals surface area contributed by atoms with Gasteiger partial charge in [-0.1, -0.05) is 11.6 Å². The smallest absolute Gasteiger partial charge is 0.410 e. The van der Waals surface area contributed by atoms with Gasteiger partial charge in [0.1, 0.15) is 17.5 Å².